The van der Waals surface area contributed by atoms with Crippen molar-refractivity contribution >= 4 is 0 Å². The molecule has 1 aromatic rings. The lowest BCUT2D eigenvalue weighted by molar-refractivity contribution is 0.533. The number of hydrogen-bond donors (Lipinski definition) is 1. The summed E-state index contributed by atoms with van der Waals surface area (Å²) in [5, 5.41) is 3.43. The SMILES string of the molecule is CC(C)NCc1cncn1CCC1CC1. The van der Waals surface area contributed by atoms with Crippen LogP contribution in [0.5, 0.6) is 0 Å². The van der Waals surface area contributed by atoms with Crippen LogP contribution in [0.2, 0.25) is 0 Å². The molecule has 84 valence electrons. The third-order valence-corrected chi connectivity index (χ3v) is 2.97. The van der Waals surface area contributed by atoms with Crippen LogP contribution in [0.3, 0.4) is 0 Å². The fourth-order valence-corrected chi connectivity index (χ4v) is 1.73. The molecule has 0 aliphatic heterocycles. The minimum absolute atomic E-state index is 0.539. The summed E-state index contributed by atoms with van der Waals surface area (Å²) in [4.78, 5) is 4.22. The van der Waals surface area contributed by atoms with Gasteiger partial charge in [-0.1, -0.05) is 26.7 Å². The van der Waals surface area contributed by atoms with Gasteiger partial charge in [0.25, 0.3) is 0 Å². The Balaban J connectivity index is 1.83. The fraction of sp³-hybridized carbons (Fsp3) is 0.750. The second-order valence-corrected chi connectivity index (χ2v) is 4.85. The first-order chi connectivity index (χ1) is 7.25. The first-order valence-electron chi connectivity index (χ1n) is 5.98. The molecule has 2 rings (SSSR count). The van der Waals surface area contributed by atoms with Crippen LogP contribution in [0, 0.1) is 5.92 Å². The number of nitrogens with one attached hydrogen (secondary N) is 1. The summed E-state index contributed by atoms with van der Waals surface area (Å²) >= 11 is 0. The second-order valence-electron chi connectivity index (χ2n) is 4.85. The van der Waals surface area contributed by atoms with Crippen molar-refractivity contribution in [1.29, 1.82) is 0 Å². The molecule has 1 N–H and O–H groups in total. The summed E-state index contributed by atoms with van der Waals surface area (Å²) in [7, 11) is 0. The van der Waals surface area contributed by atoms with E-state index in [1.54, 1.807) is 0 Å². The molecule has 15 heavy (non-hydrogen) atoms. The lowest BCUT2D eigenvalue weighted by atomic mass is 10.3. The van der Waals surface area contributed by atoms with E-state index in [9.17, 15) is 0 Å². The molecule has 1 aromatic heterocycles. The van der Waals surface area contributed by atoms with Crippen molar-refractivity contribution in [3.05, 3.63) is 18.2 Å². The van der Waals surface area contributed by atoms with Crippen LogP contribution in [0.4, 0.5) is 0 Å². The highest BCUT2D eigenvalue weighted by Gasteiger charge is 2.20. The van der Waals surface area contributed by atoms with Crippen molar-refractivity contribution in [2.24, 2.45) is 5.92 Å². The van der Waals surface area contributed by atoms with Crippen molar-refractivity contribution in [2.45, 2.75) is 52.2 Å². The average Bonchev–Trinajstić information content (AvgIpc) is 2.92. The summed E-state index contributed by atoms with van der Waals surface area (Å²) in [5.41, 5.74) is 1.31. The lowest BCUT2D eigenvalue weighted by Gasteiger charge is -2.10. The Morgan fingerprint density at radius 1 is 1.53 bits per heavy atom. The van der Waals surface area contributed by atoms with Gasteiger partial charge in [0.15, 0.2) is 0 Å². The largest absolute Gasteiger partial charge is 0.333 e. The Labute approximate surface area is 91.9 Å². The van der Waals surface area contributed by atoms with Crippen LogP contribution in [-0.2, 0) is 13.1 Å². The molecule has 0 spiro atoms. The standard InChI is InChI=1S/C12H21N3/c1-10(2)14-8-12-7-13-9-15(12)6-5-11-3-4-11/h7,9-11,14H,3-6,8H2,1-2H3. The Morgan fingerprint density at radius 2 is 2.33 bits per heavy atom. The average molecular weight is 207 g/mol. The van der Waals surface area contributed by atoms with Gasteiger partial charge in [-0.25, -0.2) is 4.98 Å². The van der Waals surface area contributed by atoms with E-state index < -0.39 is 0 Å². The van der Waals surface area contributed by atoms with Crippen LogP contribution < -0.4 is 5.32 Å². The first-order valence-corrected chi connectivity index (χ1v) is 5.98. The smallest absolute Gasteiger partial charge is 0.0948 e. The van der Waals surface area contributed by atoms with Crippen LogP contribution >= 0.6 is 0 Å². The maximum absolute atomic E-state index is 4.22. The van der Waals surface area contributed by atoms with E-state index in [2.05, 4.69) is 28.7 Å². The van der Waals surface area contributed by atoms with Gasteiger partial charge in [-0.3, -0.25) is 0 Å². The van der Waals surface area contributed by atoms with Crippen molar-refractivity contribution in [2.75, 3.05) is 0 Å². The van der Waals surface area contributed by atoms with Crippen LogP contribution in [-0.4, -0.2) is 15.6 Å². The Kier molecular flexibility index (Phi) is 3.41. The molecule has 1 aliphatic rings. The first kappa shape index (κ1) is 10.7. The molecule has 0 unspecified atom stereocenters. The molecule has 0 aromatic carbocycles. The predicted octanol–water partition coefficient (Wildman–Crippen LogP) is 2.18. The molecule has 1 fully saturated rings. The van der Waals surface area contributed by atoms with Crippen molar-refractivity contribution in [3.63, 3.8) is 0 Å². The number of rotatable bonds is 6. The second kappa shape index (κ2) is 4.79. The molecule has 0 atom stereocenters. The molecule has 1 heterocycles. The monoisotopic (exact) mass is 207 g/mol. The Bertz CT molecular complexity index is 279. The molecule has 3 nitrogen and oxygen atoms in total. The van der Waals surface area contributed by atoms with E-state index in [-0.39, 0.29) is 0 Å². The minimum Gasteiger partial charge on any atom is -0.333 e. The number of hydrogen-bond acceptors (Lipinski definition) is 2. The number of nitrogens with zero attached hydrogens (tertiary/aromatic N) is 2. The van der Waals surface area contributed by atoms with Crippen molar-refractivity contribution < 1.29 is 0 Å². The van der Waals surface area contributed by atoms with Crippen LogP contribution in [0.1, 0.15) is 38.8 Å². The third kappa shape index (κ3) is 3.34. The minimum atomic E-state index is 0.539. The fourth-order valence-electron chi connectivity index (χ4n) is 1.73. The van der Waals surface area contributed by atoms with E-state index in [1.165, 1.54) is 25.0 Å². The summed E-state index contributed by atoms with van der Waals surface area (Å²) in [5.74, 6) is 0.998. The molecule has 1 saturated carbocycles. The van der Waals surface area contributed by atoms with Gasteiger partial charge in [0.1, 0.15) is 0 Å². The topological polar surface area (TPSA) is 29.9 Å². The number of aryl methyl sites for hydroxylation is 1. The van der Waals surface area contributed by atoms with Crippen LogP contribution in [0.15, 0.2) is 12.5 Å². The van der Waals surface area contributed by atoms with Gasteiger partial charge in [-0.05, 0) is 12.3 Å². The van der Waals surface area contributed by atoms with Gasteiger partial charge in [-0.15, -0.1) is 0 Å². The normalized spacial score (nSPS) is 16.2. The van der Waals surface area contributed by atoms with E-state index in [1.807, 2.05) is 12.5 Å². The Hall–Kier alpha value is -0.830. The lowest BCUT2D eigenvalue weighted by Crippen LogP contribution is -2.23. The molecule has 0 saturated heterocycles. The summed E-state index contributed by atoms with van der Waals surface area (Å²) in [6, 6.07) is 0.539. The molecule has 3 heteroatoms. The van der Waals surface area contributed by atoms with Crippen molar-refractivity contribution in [3.8, 4) is 0 Å². The van der Waals surface area contributed by atoms with E-state index in [0.29, 0.717) is 6.04 Å². The molecule has 0 bridgehead atoms. The van der Waals surface area contributed by atoms with Gasteiger partial charge >= 0.3 is 0 Å². The summed E-state index contributed by atoms with van der Waals surface area (Å²) < 4.78 is 2.29. The molecule has 0 amide bonds. The molecular weight excluding hydrogens is 186 g/mol. The maximum atomic E-state index is 4.22. The van der Waals surface area contributed by atoms with Gasteiger partial charge in [0.05, 0.1) is 12.0 Å². The van der Waals surface area contributed by atoms with Gasteiger partial charge in [0.2, 0.25) is 0 Å². The van der Waals surface area contributed by atoms with Crippen molar-refractivity contribution in [1.82, 2.24) is 14.9 Å². The molecule has 1 aliphatic carbocycles. The number of imidazole rings is 1. The molecular formula is C12H21N3. The quantitative estimate of drug-likeness (QED) is 0.775. The van der Waals surface area contributed by atoms with Crippen LogP contribution in [0.25, 0.3) is 0 Å². The van der Waals surface area contributed by atoms with Gasteiger partial charge in [-0.2, -0.15) is 0 Å². The summed E-state index contributed by atoms with van der Waals surface area (Å²) in [6.07, 6.45) is 8.13. The zero-order valence-corrected chi connectivity index (χ0v) is 9.74. The van der Waals surface area contributed by atoms with E-state index >= 15 is 0 Å². The van der Waals surface area contributed by atoms with Gasteiger partial charge < -0.3 is 9.88 Å². The van der Waals surface area contributed by atoms with E-state index in [0.717, 1.165) is 19.0 Å². The number of aromatic nitrogens is 2. The predicted molar refractivity (Wildman–Crippen MR) is 61.5 cm³/mol. The highest BCUT2D eigenvalue weighted by molar-refractivity contribution is 4.98. The van der Waals surface area contributed by atoms with E-state index in [4.69, 9.17) is 0 Å². The third-order valence-electron chi connectivity index (χ3n) is 2.97. The Morgan fingerprint density at radius 3 is 3.00 bits per heavy atom. The highest BCUT2D eigenvalue weighted by Crippen LogP contribution is 2.32. The summed E-state index contributed by atoms with van der Waals surface area (Å²) in [6.45, 7) is 6.41. The van der Waals surface area contributed by atoms with Gasteiger partial charge in [0, 0.05) is 25.3 Å². The zero-order valence-electron chi connectivity index (χ0n) is 9.74. The highest BCUT2D eigenvalue weighted by atomic mass is 15.1. The molecule has 0 radical (unpaired) electrons. The zero-order chi connectivity index (χ0) is 10.7. The maximum Gasteiger partial charge on any atom is 0.0948 e.